The Morgan fingerprint density at radius 3 is 2.29 bits per heavy atom. The summed E-state index contributed by atoms with van der Waals surface area (Å²) in [5, 5.41) is 0. The maximum atomic E-state index is 1.65. The summed E-state index contributed by atoms with van der Waals surface area (Å²) in [6, 6.07) is 0. The zero-order valence-electron chi connectivity index (χ0n) is 8.91. The van der Waals surface area contributed by atoms with Crippen LogP contribution < -0.4 is 0 Å². The lowest BCUT2D eigenvalue weighted by molar-refractivity contribution is 0.0681. The Morgan fingerprint density at radius 2 is 1.50 bits per heavy atom. The molecule has 7 atom stereocenters. The minimum absolute atomic E-state index is 0.958. The fourth-order valence-corrected chi connectivity index (χ4v) is 6.11. The van der Waals surface area contributed by atoms with Crippen LogP contribution in [0.3, 0.4) is 0 Å². The highest BCUT2D eigenvalue weighted by molar-refractivity contribution is 5.24. The Morgan fingerprint density at radius 1 is 0.714 bits per heavy atom. The van der Waals surface area contributed by atoms with E-state index in [1.54, 1.807) is 44.9 Å². The van der Waals surface area contributed by atoms with Gasteiger partial charge in [0.1, 0.15) is 0 Å². The van der Waals surface area contributed by atoms with Gasteiger partial charge in [0.25, 0.3) is 0 Å². The van der Waals surface area contributed by atoms with Gasteiger partial charge in [-0.15, -0.1) is 0 Å². The molecule has 0 aromatic rings. The molecule has 0 saturated heterocycles. The lowest BCUT2D eigenvalue weighted by Crippen LogP contribution is -2.34. The van der Waals surface area contributed by atoms with Crippen LogP contribution in [0.5, 0.6) is 0 Å². The van der Waals surface area contributed by atoms with Crippen LogP contribution in [0.25, 0.3) is 0 Å². The summed E-state index contributed by atoms with van der Waals surface area (Å²) in [6.07, 6.45) is 11.4. The van der Waals surface area contributed by atoms with Gasteiger partial charge >= 0.3 is 0 Å². The van der Waals surface area contributed by atoms with Gasteiger partial charge in [-0.1, -0.05) is 0 Å². The van der Waals surface area contributed by atoms with Crippen LogP contribution in [0.15, 0.2) is 0 Å². The van der Waals surface area contributed by atoms with Gasteiger partial charge in [-0.25, -0.2) is 0 Å². The molecule has 5 rings (SSSR count). The van der Waals surface area contributed by atoms with Gasteiger partial charge in [-0.2, -0.15) is 0 Å². The van der Waals surface area contributed by atoms with Crippen LogP contribution in [-0.4, -0.2) is 0 Å². The molecule has 0 N–H and O–H groups in total. The topological polar surface area (TPSA) is 0 Å². The molecule has 0 amide bonds. The Bertz CT molecular complexity index is 307. The van der Waals surface area contributed by atoms with Crippen molar-refractivity contribution < 1.29 is 0 Å². The molecule has 0 heteroatoms. The average Bonchev–Trinajstić information content (AvgIpc) is 2.95. The van der Waals surface area contributed by atoms with Crippen molar-refractivity contribution in [2.24, 2.45) is 40.9 Å². The molecule has 0 aromatic heterocycles. The number of fused-ring (bicyclic) bond motifs is 5. The molecule has 0 aromatic carbocycles. The van der Waals surface area contributed by atoms with Crippen molar-refractivity contribution in [3.8, 4) is 0 Å². The second-order valence-electron chi connectivity index (χ2n) is 7.02. The minimum Gasteiger partial charge on any atom is -0.0499 e. The number of hydrogen-bond donors (Lipinski definition) is 0. The first-order chi connectivity index (χ1) is 6.90. The molecule has 7 unspecified atom stereocenters. The molecular formula is C14H20. The van der Waals surface area contributed by atoms with Gasteiger partial charge < -0.3 is 0 Å². The van der Waals surface area contributed by atoms with Gasteiger partial charge in [0, 0.05) is 0 Å². The first-order valence-corrected chi connectivity index (χ1v) is 6.90. The van der Waals surface area contributed by atoms with E-state index in [-0.39, 0.29) is 0 Å². The third-order valence-corrected chi connectivity index (χ3v) is 6.94. The molecule has 76 valence electrons. The van der Waals surface area contributed by atoms with E-state index in [9.17, 15) is 0 Å². The summed E-state index contributed by atoms with van der Waals surface area (Å²) in [7, 11) is 0. The van der Waals surface area contributed by atoms with Crippen molar-refractivity contribution in [2.75, 3.05) is 0 Å². The predicted molar refractivity (Wildman–Crippen MR) is 55.7 cm³/mol. The van der Waals surface area contributed by atoms with E-state index in [0.29, 0.717) is 0 Å². The molecule has 0 radical (unpaired) electrons. The Hall–Kier alpha value is 0. The zero-order chi connectivity index (χ0) is 8.91. The van der Waals surface area contributed by atoms with E-state index in [0.717, 1.165) is 5.41 Å². The first kappa shape index (κ1) is 7.30. The van der Waals surface area contributed by atoms with E-state index >= 15 is 0 Å². The zero-order valence-corrected chi connectivity index (χ0v) is 8.91. The molecular weight excluding hydrogens is 168 g/mol. The van der Waals surface area contributed by atoms with Gasteiger partial charge in [0.05, 0.1) is 0 Å². The van der Waals surface area contributed by atoms with Crippen LogP contribution in [0.2, 0.25) is 0 Å². The first-order valence-electron chi connectivity index (χ1n) is 6.90. The van der Waals surface area contributed by atoms with E-state index in [1.807, 2.05) is 0 Å². The van der Waals surface area contributed by atoms with Gasteiger partial charge in [-0.05, 0) is 85.9 Å². The molecule has 5 saturated carbocycles. The second kappa shape index (κ2) is 1.95. The van der Waals surface area contributed by atoms with Crippen molar-refractivity contribution >= 4 is 0 Å². The van der Waals surface area contributed by atoms with Gasteiger partial charge in [-0.3, -0.25) is 0 Å². The standard InChI is InChI=1S/C14H20/c1-2-10-8(1)3-5-14-6-4-9-7-11(9)13(14)12(10)14/h8-13H,1-7H2. The minimum atomic E-state index is 0.958. The van der Waals surface area contributed by atoms with Crippen molar-refractivity contribution in [1.29, 1.82) is 0 Å². The van der Waals surface area contributed by atoms with E-state index in [4.69, 9.17) is 0 Å². The molecule has 0 bridgehead atoms. The summed E-state index contributed by atoms with van der Waals surface area (Å²) in [6.45, 7) is 0. The van der Waals surface area contributed by atoms with E-state index in [2.05, 4.69) is 0 Å². The summed E-state index contributed by atoms with van der Waals surface area (Å²) >= 11 is 0. The largest absolute Gasteiger partial charge is 0.0499 e. The predicted octanol–water partition coefficient (Wildman–Crippen LogP) is 3.47. The Balaban J connectivity index is 1.55. The average molecular weight is 188 g/mol. The molecule has 14 heavy (non-hydrogen) atoms. The van der Waals surface area contributed by atoms with Crippen LogP contribution in [0, 0.1) is 40.9 Å². The summed E-state index contributed by atoms with van der Waals surface area (Å²) in [4.78, 5) is 0. The number of rotatable bonds is 0. The highest BCUT2D eigenvalue weighted by Crippen LogP contribution is 2.83. The molecule has 1 spiro atoms. The molecule has 0 heterocycles. The fraction of sp³-hybridized carbons (Fsp3) is 1.00. The quantitative estimate of drug-likeness (QED) is 0.546. The molecule has 0 nitrogen and oxygen atoms in total. The van der Waals surface area contributed by atoms with E-state index < -0.39 is 0 Å². The second-order valence-corrected chi connectivity index (χ2v) is 7.02. The smallest absolute Gasteiger partial charge is 0.0229 e. The van der Waals surface area contributed by atoms with E-state index in [1.165, 1.54) is 35.5 Å². The monoisotopic (exact) mass is 188 g/mol. The maximum absolute atomic E-state index is 1.65. The normalized spacial score (nSPS) is 72.0. The maximum Gasteiger partial charge on any atom is -0.0229 e. The molecule has 5 aliphatic rings. The van der Waals surface area contributed by atoms with Crippen LogP contribution in [0.1, 0.15) is 44.9 Å². The number of hydrogen-bond acceptors (Lipinski definition) is 0. The van der Waals surface area contributed by atoms with Gasteiger partial charge in [0.15, 0.2) is 0 Å². The summed E-state index contributed by atoms with van der Waals surface area (Å²) in [5.74, 6) is 7.41. The summed E-state index contributed by atoms with van der Waals surface area (Å²) < 4.78 is 0. The third-order valence-electron chi connectivity index (χ3n) is 6.94. The Labute approximate surface area is 86.5 Å². The lowest BCUT2D eigenvalue weighted by atomic mass is 9.62. The van der Waals surface area contributed by atoms with Crippen molar-refractivity contribution in [3.05, 3.63) is 0 Å². The van der Waals surface area contributed by atoms with Crippen molar-refractivity contribution in [3.63, 3.8) is 0 Å². The molecule has 0 aliphatic heterocycles. The van der Waals surface area contributed by atoms with Crippen molar-refractivity contribution in [1.82, 2.24) is 0 Å². The molecule has 5 fully saturated rings. The SMILES string of the molecule is C1CC2C1CCC13CCC4CC4C1C23. The molecule has 5 aliphatic carbocycles. The van der Waals surface area contributed by atoms with Crippen LogP contribution in [-0.2, 0) is 0 Å². The Kier molecular flexibility index (Phi) is 1.02. The highest BCUT2D eigenvalue weighted by atomic mass is 14.8. The van der Waals surface area contributed by atoms with Crippen LogP contribution >= 0.6 is 0 Å². The van der Waals surface area contributed by atoms with Gasteiger partial charge in [0.2, 0.25) is 0 Å². The fourth-order valence-electron chi connectivity index (χ4n) is 6.11. The third kappa shape index (κ3) is 0.605. The highest BCUT2D eigenvalue weighted by Gasteiger charge is 2.76. The lowest BCUT2D eigenvalue weighted by Gasteiger charge is -2.43. The van der Waals surface area contributed by atoms with Crippen molar-refractivity contribution in [2.45, 2.75) is 44.9 Å². The summed E-state index contributed by atoms with van der Waals surface area (Å²) in [5.41, 5.74) is 0.958. The van der Waals surface area contributed by atoms with Crippen LogP contribution in [0.4, 0.5) is 0 Å².